The summed E-state index contributed by atoms with van der Waals surface area (Å²) < 4.78 is 0. The summed E-state index contributed by atoms with van der Waals surface area (Å²) in [5.74, 6) is 0.352. The van der Waals surface area contributed by atoms with E-state index in [2.05, 4.69) is 5.32 Å². The van der Waals surface area contributed by atoms with Gasteiger partial charge >= 0.3 is 0 Å². The summed E-state index contributed by atoms with van der Waals surface area (Å²) in [7, 11) is 0. The molecule has 3 aromatic rings. The number of rotatable bonds is 11. The van der Waals surface area contributed by atoms with Gasteiger partial charge < -0.3 is 10.2 Å². The van der Waals surface area contributed by atoms with Crippen LogP contribution in [0.4, 0.5) is 0 Å². The summed E-state index contributed by atoms with van der Waals surface area (Å²) >= 11 is 20.7. The molecule has 0 saturated carbocycles. The lowest BCUT2D eigenvalue weighted by Gasteiger charge is -2.32. The zero-order valence-corrected chi connectivity index (χ0v) is 23.3. The third kappa shape index (κ3) is 8.17. The van der Waals surface area contributed by atoms with Crippen molar-refractivity contribution in [2.45, 2.75) is 44.6 Å². The van der Waals surface area contributed by atoms with Crippen LogP contribution in [-0.2, 0) is 28.3 Å². The van der Waals surface area contributed by atoms with Crippen LogP contribution in [0.3, 0.4) is 0 Å². The van der Waals surface area contributed by atoms with Crippen molar-refractivity contribution in [2.24, 2.45) is 0 Å². The maximum absolute atomic E-state index is 13.7. The van der Waals surface area contributed by atoms with Crippen LogP contribution in [0.1, 0.15) is 30.5 Å². The molecule has 1 atom stereocenters. The molecule has 0 spiro atoms. The number of benzene rings is 3. The maximum atomic E-state index is 13.7. The van der Waals surface area contributed by atoms with Crippen LogP contribution in [0.15, 0.2) is 72.8 Å². The molecule has 3 rings (SSSR count). The standard InChI is InChI=1S/C28H29Cl3N2O2S/c1-19(2)32-28(35)26(15-20-9-4-3-5-10-20)33(16-22-24(30)13-8-14-25(22)31)27(34)18-36-17-21-11-6-7-12-23(21)29/h3-14,19,26H,15-18H2,1-2H3,(H,32,35)/t26-/m1/s1. The van der Waals surface area contributed by atoms with Crippen molar-refractivity contribution in [1.29, 1.82) is 0 Å². The Morgan fingerprint density at radius 1 is 0.861 bits per heavy atom. The quantitative estimate of drug-likeness (QED) is 0.272. The van der Waals surface area contributed by atoms with Gasteiger partial charge in [-0.05, 0) is 43.2 Å². The van der Waals surface area contributed by atoms with E-state index in [1.807, 2.05) is 68.4 Å². The number of amides is 2. The Bertz CT molecular complexity index is 1150. The fraction of sp³-hybridized carbons (Fsp3) is 0.286. The zero-order chi connectivity index (χ0) is 26.1. The second-order valence-corrected chi connectivity index (χ2v) is 10.9. The third-order valence-electron chi connectivity index (χ3n) is 5.53. The lowest BCUT2D eigenvalue weighted by molar-refractivity contribution is -0.139. The first kappa shape index (κ1) is 28.4. The fourth-order valence-corrected chi connectivity index (χ4v) is 5.45. The van der Waals surface area contributed by atoms with E-state index in [9.17, 15) is 9.59 Å². The first-order valence-electron chi connectivity index (χ1n) is 11.6. The van der Waals surface area contributed by atoms with Crippen LogP contribution in [-0.4, -0.2) is 34.6 Å². The monoisotopic (exact) mass is 562 g/mol. The van der Waals surface area contributed by atoms with Crippen molar-refractivity contribution in [1.82, 2.24) is 10.2 Å². The highest BCUT2D eigenvalue weighted by Crippen LogP contribution is 2.28. The second-order valence-electron chi connectivity index (χ2n) is 8.67. The van der Waals surface area contributed by atoms with E-state index in [4.69, 9.17) is 34.8 Å². The molecule has 0 fully saturated rings. The molecule has 0 unspecified atom stereocenters. The van der Waals surface area contributed by atoms with Crippen LogP contribution in [0.5, 0.6) is 0 Å². The summed E-state index contributed by atoms with van der Waals surface area (Å²) in [6.45, 7) is 3.91. The summed E-state index contributed by atoms with van der Waals surface area (Å²) in [6.07, 6.45) is 0.363. The van der Waals surface area contributed by atoms with Gasteiger partial charge in [-0.3, -0.25) is 9.59 Å². The molecule has 0 aromatic heterocycles. The number of nitrogens with zero attached hydrogens (tertiary/aromatic N) is 1. The Morgan fingerprint density at radius 3 is 2.11 bits per heavy atom. The molecule has 8 heteroatoms. The Morgan fingerprint density at radius 2 is 1.47 bits per heavy atom. The molecule has 0 aliphatic carbocycles. The van der Waals surface area contributed by atoms with Crippen LogP contribution < -0.4 is 5.32 Å². The van der Waals surface area contributed by atoms with E-state index in [1.165, 1.54) is 11.8 Å². The SMILES string of the molecule is CC(C)NC(=O)[C@@H](Cc1ccccc1)N(Cc1c(Cl)cccc1Cl)C(=O)CSCc1ccccc1Cl. The lowest BCUT2D eigenvalue weighted by atomic mass is 10.0. The van der Waals surface area contributed by atoms with Gasteiger partial charge in [0, 0.05) is 45.4 Å². The summed E-state index contributed by atoms with van der Waals surface area (Å²) in [5.41, 5.74) is 2.52. The number of hydrogen-bond donors (Lipinski definition) is 1. The Labute approximate surface area is 232 Å². The van der Waals surface area contributed by atoms with Crippen molar-refractivity contribution in [3.8, 4) is 0 Å². The first-order chi connectivity index (χ1) is 17.3. The highest BCUT2D eigenvalue weighted by molar-refractivity contribution is 7.99. The topological polar surface area (TPSA) is 49.4 Å². The van der Waals surface area contributed by atoms with Gasteiger partial charge in [0.05, 0.1) is 5.75 Å². The van der Waals surface area contributed by atoms with Crippen molar-refractivity contribution < 1.29 is 9.59 Å². The number of nitrogens with one attached hydrogen (secondary N) is 1. The molecule has 1 N–H and O–H groups in total. The largest absolute Gasteiger partial charge is 0.352 e. The molecule has 3 aromatic carbocycles. The normalized spacial score (nSPS) is 11.8. The molecule has 4 nitrogen and oxygen atoms in total. The van der Waals surface area contributed by atoms with Gasteiger partial charge in [-0.25, -0.2) is 0 Å². The number of carbonyl (C=O) groups excluding carboxylic acids is 2. The predicted octanol–water partition coefficient (Wildman–Crippen LogP) is 7.04. The van der Waals surface area contributed by atoms with Gasteiger partial charge in [-0.15, -0.1) is 11.8 Å². The van der Waals surface area contributed by atoms with Crippen molar-refractivity contribution in [3.05, 3.63) is 105 Å². The third-order valence-corrected chi connectivity index (χ3v) is 7.58. The smallest absolute Gasteiger partial charge is 0.243 e. The minimum absolute atomic E-state index is 0.0776. The Balaban J connectivity index is 1.90. The molecule has 0 radical (unpaired) electrons. The molecule has 0 heterocycles. The van der Waals surface area contributed by atoms with E-state index in [-0.39, 0.29) is 30.2 Å². The van der Waals surface area contributed by atoms with Gasteiger partial charge in [-0.1, -0.05) is 89.4 Å². The molecular formula is C28H29Cl3N2O2S. The summed E-state index contributed by atoms with van der Waals surface area (Å²) in [6, 6.07) is 21.6. The first-order valence-corrected chi connectivity index (χ1v) is 13.9. The van der Waals surface area contributed by atoms with E-state index < -0.39 is 6.04 Å². The van der Waals surface area contributed by atoms with Gasteiger partial charge in [0.25, 0.3) is 0 Å². The van der Waals surface area contributed by atoms with Crippen molar-refractivity contribution in [2.75, 3.05) is 5.75 Å². The van der Waals surface area contributed by atoms with Gasteiger partial charge in [0.2, 0.25) is 11.8 Å². The Kier molecular flexibility index (Phi) is 11.0. The molecule has 0 aliphatic rings. The number of hydrogen-bond acceptors (Lipinski definition) is 3. The van der Waals surface area contributed by atoms with Crippen LogP contribution in [0.2, 0.25) is 15.1 Å². The highest BCUT2D eigenvalue weighted by atomic mass is 35.5. The Hall–Kier alpha value is -2.18. The van der Waals surface area contributed by atoms with Gasteiger partial charge in [0.1, 0.15) is 6.04 Å². The molecule has 190 valence electrons. The van der Waals surface area contributed by atoms with Crippen LogP contribution >= 0.6 is 46.6 Å². The zero-order valence-electron chi connectivity index (χ0n) is 20.2. The average Bonchev–Trinajstić information content (AvgIpc) is 2.84. The second kappa shape index (κ2) is 13.9. The summed E-state index contributed by atoms with van der Waals surface area (Å²) in [5, 5.41) is 4.54. The number of halogens is 3. The summed E-state index contributed by atoms with van der Waals surface area (Å²) in [4.78, 5) is 28.7. The van der Waals surface area contributed by atoms with E-state index >= 15 is 0 Å². The minimum Gasteiger partial charge on any atom is -0.352 e. The van der Waals surface area contributed by atoms with Crippen LogP contribution in [0, 0.1) is 0 Å². The molecule has 0 bridgehead atoms. The number of carbonyl (C=O) groups is 2. The molecule has 36 heavy (non-hydrogen) atoms. The number of thioether (sulfide) groups is 1. The van der Waals surface area contributed by atoms with Crippen molar-refractivity contribution in [3.63, 3.8) is 0 Å². The van der Waals surface area contributed by atoms with Crippen molar-refractivity contribution >= 4 is 58.4 Å². The predicted molar refractivity (Wildman–Crippen MR) is 152 cm³/mol. The fourth-order valence-electron chi connectivity index (χ4n) is 3.74. The van der Waals surface area contributed by atoms with Gasteiger partial charge in [-0.2, -0.15) is 0 Å². The van der Waals surface area contributed by atoms with Gasteiger partial charge in [0.15, 0.2) is 0 Å². The molecule has 2 amide bonds. The van der Waals surface area contributed by atoms with Crippen LogP contribution in [0.25, 0.3) is 0 Å². The van der Waals surface area contributed by atoms with E-state index in [0.717, 1.165) is 11.1 Å². The molecule has 0 saturated heterocycles. The molecule has 0 aliphatic heterocycles. The molecular weight excluding hydrogens is 535 g/mol. The average molecular weight is 564 g/mol. The lowest BCUT2D eigenvalue weighted by Crippen LogP contribution is -2.52. The minimum atomic E-state index is -0.740. The maximum Gasteiger partial charge on any atom is 0.243 e. The highest BCUT2D eigenvalue weighted by Gasteiger charge is 2.31. The van der Waals surface area contributed by atoms with E-state index in [0.29, 0.717) is 32.8 Å². The van der Waals surface area contributed by atoms with E-state index in [1.54, 1.807) is 23.1 Å².